The van der Waals surface area contributed by atoms with Crippen molar-refractivity contribution in [2.75, 3.05) is 12.3 Å². The maximum atomic E-state index is 11.6. The lowest BCUT2D eigenvalue weighted by Gasteiger charge is -2.21. The zero-order valence-corrected chi connectivity index (χ0v) is 11.1. The van der Waals surface area contributed by atoms with Crippen LogP contribution in [0.15, 0.2) is 4.99 Å². The summed E-state index contributed by atoms with van der Waals surface area (Å²) in [6.45, 7) is 0.380. The summed E-state index contributed by atoms with van der Waals surface area (Å²) in [7, 11) is -2.88. The van der Waals surface area contributed by atoms with Crippen LogP contribution in [0.5, 0.6) is 0 Å². The molecule has 1 saturated carbocycles. The minimum absolute atomic E-state index is 0.273. The summed E-state index contributed by atoms with van der Waals surface area (Å²) in [4.78, 5) is 4.34. The molecule has 1 unspecified atom stereocenters. The Kier molecular flexibility index (Phi) is 4.07. The first kappa shape index (κ1) is 12.9. The summed E-state index contributed by atoms with van der Waals surface area (Å²) in [5.41, 5.74) is 5.97. The van der Waals surface area contributed by atoms with E-state index < -0.39 is 9.84 Å². The average molecular weight is 258 g/mol. The van der Waals surface area contributed by atoms with Gasteiger partial charge in [-0.15, -0.1) is 0 Å². The Balaban J connectivity index is 1.91. The smallest absolute Gasteiger partial charge is 0.154 e. The number of aliphatic imine (C=N–C) groups is 1. The number of nitrogens with two attached hydrogens (primary N) is 1. The highest BCUT2D eigenvalue weighted by molar-refractivity contribution is 7.92. The van der Waals surface area contributed by atoms with Gasteiger partial charge in [-0.25, -0.2) is 8.42 Å². The lowest BCUT2D eigenvalue weighted by Crippen LogP contribution is -2.28. The lowest BCUT2D eigenvalue weighted by molar-refractivity contribution is 0.436. The maximum absolute atomic E-state index is 11.6. The van der Waals surface area contributed by atoms with Gasteiger partial charge in [-0.1, -0.05) is 19.3 Å². The Hall–Kier alpha value is -0.580. The first-order valence-corrected chi connectivity index (χ1v) is 8.32. The fourth-order valence-electron chi connectivity index (χ4n) is 2.80. The molecule has 0 aromatic rings. The van der Waals surface area contributed by atoms with E-state index in [1.165, 1.54) is 19.3 Å². The maximum Gasteiger partial charge on any atom is 0.154 e. The highest BCUT2D eigenvalue weighted by atomic mass is 32.2. The summed E-state index contributed by atoms with van der Waals surface area (Å²) < 4.78 is 23.3. The number of nitrogens with zero attached hydrogens (tertiary/aromatic N) is 1. The van der Waals surface area contributed by atoms with E-state index in [1.807, 2.05) is 0 Å². The number of sulfone groups is 1. The molecule has 0 spiro atoms. The average Bonchev–Trinajstić information content (AvgIpc) is 2.66. The van der Waals surface area contributed by atoms with Crippen LogP contribution in [-0.2, 0) is 9.84 Å². The Bertz CT molecular complexity index is 383. The van der Waals surface area contributed by atoms with Crippen LogP contribution in [0, 0.1) is 5.92 Å². The molecule has 0 amide bonds. The van der Waals surface area contributed by atoms with Gasteiger partial charge in [0.05, 0.1) is 23.4 Å². The second-order valence-electron chi connectivity index (χ2n) is 5.23. The Labute approximate surface area is 104 Å². The van der Waals surface area contributed by atoms with Crippen LogP contribution in [0.3, 0.4) is 0 Å². The van der Waals surface area contributed by atoms with Gasteiger partial charge >= 0.3 is 0 Å². The Morgan fingerprint density at radius 3 is 2.41 bits per heavy atom. The van der Waals surface area contributed by atoms with Gasteiger partial charge in [0, 0.05) is 5.92 Å². The van der Waals surface area contributed by atoms with Gasteiger partial charge in [-0.05, 0) is 25.7 Å². The van der Waals surface area contributed by atoms with Crippen molar-refractivity contribution in [1.82, 2.24) is 0 Å². The highest BCUT2D eigenvalue weighted by Gasteiger charge is 2.31. The van der Waals surface area contributed by atoms with Crippen molar-refractivity contribution in [3.8, 4) is 0 Å². The fourth-order valence-corrected chi connectivity index (χ4v) is 4.53. The zero-order chi connectivity index (χ0) is 12.3. The van der Waals surface area contributed by atoms with E-state index in [9.17, 15) is 8.42 Å². The molecule has 4 nitrogen and oxygen atoms in total. The van der Waals surface area contributed by atoms with Crippen LogP contribution in [0.1, 0.15) is 44.9 Å². The SMILES string of the molecule is NC(=NCC1CCCS1(=O)=O)C1CCCCC1. The molecule has 0 aromatic heterocycles. The van der Waals surface area contributed by atoms with Gasteiger partial charge in [-0.3, -0.25) is 4.99 Å². The third-order valence-electron chi connectivity index (χ3n) is 3.96. The molecule has 17 heavy (non-hydrogen) atoms. The second kappa shape index (κ2) is 5.38. The van der Waals surface area contributed by atoms with Gasteiger partial charge in [0.2, 0.25) is 0 Å². The summed E-state index contributed by atoms with van der Waals surface area (Å²) in [6, 6.07) is 0. The summed E-state index contributed by atoms with van der Waals surface area (Å²) in [5, 5.41) is -0.273. The molecule has 2 aliphatic rings. The predicted octanol–water partition coefficient (Wildman–Crippen LogP) is 1.50. The van der Waals surface area contributed by atoms with Crippen LogP contribution >= 0.6 is 0 Å². The number of amidine groups is 1. The van der Waals surface area contributed by atoms with E-state index in [0.29, 0.717) is 24.1 Å². The van der Waals surface area contributed by atoms with Gasteiger partial charge in [0.15, 0.2) is 9.84 Å². The minimum atomic E-state index is -2.88. The first-order valence-electron chi connectivity index (χ1n) is 6.61. The van der Waals surface area contributed by atoms with Crippen LogP contribution < -0.4 is 5.73 Å². The highest BCUT2D eigenvalue weighted by Crippen LogP contribution is 2.24. The third kappa shape index (κ3) is 3.21. The molecule has 1 heterocycles. The normalized spacial score (nSPS) is 30.6. The second-order valence-corrected chi connectivity index (χ2v) is 7.63. The van der Waals surface area contributed by atoms with E-state index in [2.05, 4.69) is 4.99 Å². The lowest BCUT2D eigenvalue weighted by atomic mass is 9.88. The van der Waals surface area contributed by atoms with Gasteiger partial charge in [-0.2, -0.15) is 0 Å². The molecule has 5 heteroatoms. The molecule has 1 aliphatic carbocycles. The van der Waals surface area contributed by atoms with E-state index in [1.54, 1.807) is 0 Å². The monoisotopic (exact) mass is 258 g/mol. The molecule has 2 N–H and O–H groups in total. The van der Waals surface area contributed by atoms with Crippen molar-refractivity contribution < 1.29 is 8.42 Å². The predicted molar refractivity (Wildman–Crippen MR) is 69.9 cm³/mol. The summed E-state index contributed by atoms with van der Waals surface area (Å²) >= 11 is 0. The van der Waals surface area contributed by atoms with Gasteiger partial charge < -0.3 is 5.73 Å². The fraction of sp³-hybridized carbons (Fsp3) is 0.917. The standard InChI is InChI=1S/C12H22N2O2S/c13-12(10-5-2-1-3-6-10)14-9-11-7-4-8-17(11,15)16/h10-11H,1-9H2,(H2,13,14). The minimum Gasteiger partial charge on any atom is -0.387 e. The molecular formula is C12H22N2O2S. The van der Waals surface area contributed by atoms with Crippen molar-refractivity contribution >= 4 is 15.7 Å². The van der Waals surface area contributed by atoms with Gasteiger partial charge in [0.1, 0.15) is 0 Å². The van der Waals surface area contributed by atoms with Crippen LogP contribution in [0.25, 0.3) is 0 Å². The van der Waals surface area contributed by atoms with E-state index >= 15 is 0 Å². The van der Waals surface area contributed by atoms with Crippen molar-refractivity contribution in [3.63, 3.8) is 0 Å². The van der Waals surface area contributed by atoms with Crippen molar-refractivity contribution in [2.45, 2.75) is 50.2 Å². The van der Waals surface area contributed by atoms with Gasteiger partial charge in [0.25, 0.3) is 0 Å². The van der Waals surface area contributed by atoms with Crippen LogP contribution in [0.4, 0.5) is 0 Å². The van der Waals surface area contributed by atoms with E-state index in [4.69, 9.17) is 5.73 Å². The summed E-state index contributed by atoms with van der Waals surface area (Å²) in [5.74, 6) is 1.41. The topological polar surface area (TPSA) is 72.5 Å². The molecule has 1 atom stereocenters. The van der Waals surface area contributed by atoms with Crippen molar-refractivity contribution in [3.05, 3.63) is 0 Å². The Morgan fingerprint density at radius 1 is 1.12 bits per heavy atom. The molecule has 0 bridgehead atoms. The molecule has 98 valence electrons. The molecule has 2 rings (SSSR count). The van der Waals surface area contributed by atoms with E-state index in [0.717, 1.165) is 25.7 Å². The molecule has 0 radical (unpaired) electrons. The number of rotatable bonds is 3. The Morgan fingerprint density at radius 2 is 1.82 bits per heavy atom. The molecular weight excluding hydrogens is 236 g/mol. The van der Waals surface area contributed by atoms with E-state index in [-0.39, 0.29) is 5.25 Å². The first-order chi connectivity index (χ1) is 8.09. The summed E-state index contributed by atoms with van der Waals surface area (Å²) in [6.07, 6.45) is 7.52. The number of hydrogen-bond donors (Lipinski definition) is 1. The third-order valence-corrected chi connectivity index (χ3v) is 6.22. The molecule has 2 fully saturated rings. The largest absolute Gasteiger partial charge is 0.387 e. The molecule has 1 saturated heterocycles. The zero-order valence-electron chi connectivity index (χ0n) is 10.3. The number of hydrogen-bond acceptors (Lipinski definition) is 3. The van der Waals surface area contributed by atoms with Crippen LogP contribution in [0.2, 0.25) is 0 Å². The van der Waals surface area contributed by atoms with Crippen LogP contribution in [-0.4, -0.2) is 31.8 Å². The molecule has 0 aromatic carbocycles. The molecule has 1 aliphatic heterocycles. The van der Waals surface area contributed by atoms with Crippen molar-refractivity contribution in [1.29, 1.82) is 0 Å². The van der Waals surface area contributed by atoms with Crippen molar-refractivity contribution in [2.24, 2.45) is 16.6 Å². The quantitative estimate of drug-likeness (QED) is 0.616.